The molecule has 12 heteroatoms. The van der Waals surface area contributed by atoms with Crippen LogP contribution in [-0.4, -0.2) is 27.9 Å². The maximum absolute atomic E-state index is 13.4. The summed E-state index contributed by atoms with van der Waals surface area (Å²) in [6.45, 7) is -0.0266. The Morgan fingerprint density at radius 3 is 2.64 bits per heavy atom. The standard InChI is InChI=1S/C24H19Cl2F2N5O2S/c1-35-17-4-2-3-14(9-17)13-36-24-32-31-22(33(24)21-8-5-15(25)10-18(21)26)12-29-23(34)30-16-6-7-19(27)20(28)11-16/h2-11H,12-13H2,1H3,(H2,29,30,34). The number of nitrogens with one attached hydrogen (secondary N) is 2. The first-order valence-corrected chi connectivity index (χ1v) is 12.2. The van der Waals surface area contributed by atoms with Gasteiger partial charge in [0.05, 0.1) is 24.4 Å². The Labute approximate surface area is 219 Å². The molecule has 186 valence electrons. The van der Waals surface area contributed by atoms with Crippen LogP contribution in [0, 0.1) is 11.6 Å². The molecular formula is C24H19Cl2F2N5O2S. The molecule has 0 fully saturated rings. The van der Waals surface area contributed by atoms with Crippen LogP contribution in [0.3, 0.4) is 0 Å². The number of rotatable bonds is 8. The summed E-state index contributed by atoms with van der Waals surface area (Å²) in [4.78, 5) is 12.4. The fourth-order valence-electron chi connectivity index (χ4n) is 3.23. The van der Waals surface area contributed by atoms with Crippen LogP contribution < -0.4 is 15.4 Å². The first-order valence-electron chi connectivity index (χ1n) is 10.5. The average molecular weight is 550 g/mol. The number of carbonyl (C=O) groups is 1. The van der Waals surface area contributed by atoms with Crippen molar-refractivity contribution in [1.82, 2.24) is 20.1 Å². The van der Waals surface area contributed by atoms with E-state index in [0.717, 1.165) is 23.4 Å². The van der Waals surface area contributed by atoms with Gasteiger partial charge >= 0.3 is 6.03 Å². The van der Waals surface area contributed by atoms with Crippen LogP contribution in [0.15, 0.2) is 65.8 Å². The van der Waals surface area contributed by atoms with E-state index in [0.29, 0.717) is 32.5 Å². The molecule has 0 spiro atoms. The van der Waals surface area contributed by atoms with Crippen LogP contribution in [0.25, 0.3) is 5.69 Å². The van der Waals surface area contributed by atoms with Crippen molar-refractivity contribution < 1.29 is 18.3 Å². The number of thioether (sulfide) groups is 1. The number of nitrogens with zero attached hydrogens (tertiary/aromatic N) is 3. The van der Waals surface area contributed by atoms with Gasteiger partial charge < -0.3 is 15.4 Å². The van der Waals surface area contributed by atoms with E-state index < -0.39 is 17.7 Å². The van der Waals surface area contributed by atoms with Gasteiger partial charge in [-0.15, -0.1) is 10.2 Å². The molecule has 0 saturated heterocycles. The molecule has 0 bridgehead atoms. The smallest absolute Gasteiger partial charge is 0.319 e. The van der Waals surface area contributed by atoms with Gasteiger partial charge in [0.2, 0.25) is 0 Å². The van der Waals surface area contributed by atoms with E-state index in [-0.39, 0.29) is 12.2 Å². The third-order valence-electron chi connectivity index (χ3n) is 4.94. The number of hydrogen-bond acceptors (Lipinski definition) is 5. The van der Waals surface area contributed by atoms with Crippen molar-refractivity contribution in [2.75, 3.05) is 12.4 Å². The van der Waals surface area contributed by atoms with Crippen molar-refractivity contribution in [3.63, 3.8) is 0 Å². The van der Waals surface area contributed by atoms with Crippen molar-refractivity contribution in [2.45, 2.75) is 17.5 Å². The topological polar surface area (TPSA) is 81.1 Å². The molecular weight excluding hydrogens is 531 g/mol. The van der Waals surface area contributed by atoms with Crippen LogP contribution in [0.4, 0.5) is 19.3 Å². The highest BCUT2D eigenvalue weighted by Crippen LogP contribution is 2.31. The molecule has 1 heterocycles. The Morgan fingerprint density at radius 1 is 1.06 bits per heavy atom. The largest absolute Gasteiger partial charge is 0.497 e. The fourth-order valence-corrected chi connectivity index (χ4v) is 4.63. The minimum Gasteiger partial charge on any atom is -0.497 e. The Kier molecular flexibility index (Phi) is 8.29. The molecule has 0 saturated carbocycles. The molecule has 2 N–H and O–H groups in total. The molecule has 36 heavy (non-hydrogen) atoms. The number of benzene rings is 3. The average Bonchev–Trinajstić information content (AvgIpc) is 3.26. The first kappa shape index (κ1) is 25.7. The summed E-state index contributed by atoms with van der Waals surface area (Å²) >= 11 is 14.0. The molecule has 0 unspecified atom stereocenters. The lowest BCUT2D eigenvalue weighted by atomic mass is 10.2. The van der Waals surface area contributed by atoms with Crippen LogP contribution in [-0.2, 0) is 12.3 Å². The lowest BCUT2D eigenvalue weighted by Crippen LogP contribution is -2.29. The maximum atomic E-state index is 13.4. The maximum Gasteiger partial charge on any atom is 0.319 e. The van der Waals surface area contributed by atoms with Gasteiger partial charge in [-0.1, -0.05) is 47.1 Å². The van der Waals surface area contributed by atoms with Crippen molar-refractivity contribution in [1.29, 1.82) is 0 Å². The highest BCUT2D eigenvalue weighted by Gasteiger charge is 2.18. The highest BCUT2D eigenvalue weighted by atomic mass is 35.5. The first-order chi connectivity index (χ1) is 17.3. The molecule has 4 rings (SSSR count). The Bertz CT molecular complexity index is 1400. The zero-order valence-electron chi connectivity index (χ0n) is 18.8. The molecule has 0 aliphatic carbocycles. The van der Waals surface area contributed by atoms with E-state index in [2.05, 4.69) is 20.8 Å². The summed E-state index contributed by atoms with van der Waals surface area (Å²) in [5.41, 5.74) is 1.70. The van der Waals surface area contributed by atoms with Crippen molar-refractivity contribution >= 4 is 46.7 Å². The monoisotopic (exact) mass is 549 g/mol. The van der Waals surface area contributed by atoms with Crippen molar-refractivity contribution in [2.24, 2.45) is 0 Å². The number of methoxy groups -OCH3 is 1. The minimum absolute atomic E-state index is 0.0266. The van der Waals surface area contributed by atoms with Crippen LogP contribution in [0.1, 0.15) is 11.4 Å². The van der Waals surface area contributed by atoms with Gasteiger partial charge in [-0.25, -0.2) is 13.6 Å². The second-order valence-corrected chi connectivity index (χ2v) is 9.19. The van der Waals surface area contributed by atoms with E-state index >= 15 is 0 Å². The van der Waals surface area contributed by atoms with E-state index in [4.69, 9.17) is 27.9 Å². The molecule has 0 aliphatic heterocycles. The quantitative estimate of drug-likeness (QED) is 0.246. The van der Waals surface area contributed by atoms with Gasteiger partial charge in [0.25, 0.3) is 0 Å². The summed E-state index contributed by atoms with van der Waals surface area (Å²) < 4.78 is 33.6. The van der Waals surface area contributed by atoms with Crippen LogP contribution in [0.2, 0.25) is 10.0 Å². The van der Waals surface area contributed by atoms with E-state index in [1.165, 1.54) is 17.8 Å². The second kappa shape index (κ2) is 11.6. The predicted octanol–water partition coefficient (Wildman–Crippen LogP) is 6.47. The third-order valence-corrected chi connectivity index (χ3v) is 6.48. The number of ether oxygens (including phenoxy) is 1. The molecule has 2 amide bonds. The van der Waals surface area contributed by atoms with Gasteiger partial charge in [0, 0.05) is 22.5 Å². The molecule has 0 atom stereocenters. The van der Waals surface area contributed by atoms with E-state index in [1.54, 1.807) is 29.9 Å². The van der Waals surface area contributed by atoms with Crippen LogP contribution in [0.5, 0.6) is 5.75 Å². The number of halogens is 4. The normalized spacial score (nSPS) is 10.8. The second-order valence-electron chi connectivity index (χ2n) is 7.41. The number of aromatic nitrogens is 3. The molecule has 1 aromatic heterocycles. The zero-order chi connectivity index (χ0) is 25.7. The molecule has 4 aromatic rings. The van der Waals surface area contributed by atoms with Crippen molar-refractivity contribution in [3.8, 4) is 11.4 Å². The lowest BCUT2D eigenvalue weighted by molar-refractivity contribution is 0.251. The highest BCUT2D eigenvalue weighted by molar-refractivity contribution is 7.98. The lowest BCUT2D eigenvalue weighted by Gasteiger charge is -2.13. The summed E-state index contributed by atoms with van der Waals surface area (Å²) in [5.74, 6) is -0.361. The number of anilines is 1. The predicted molar refractivity (Wildman–Crippen MR) is 136 cm³/mol. The Hall–Kier alpha value is -3.34. The molecule has 3 aromatic carbocycles. The van der Waals surface area contributed by atoms with Crippen molar-refractivity contribution in [3.05, 3.63) is 93.7 Å². The summed E-state index contributed by atoms with van der Waals surface area (Å²) in [6, 6.07) is 15.1. The zero-order valence-corrected chi connectivity index (χ0v) is 21.1. The fraction of sp³-hybridized carbons (Fsp3) is 0.125. The minimum atomic E-state index is -1.07. The summed E-state index contributed by atoms with van der Waals surface area (Å²) in [5, 5.41) is 15.0. The number of hydrogen-bond donors (Lipinski definition) is 2. The SMILES string of the molecule is COc1cccc(CSc2nnc(CNC(=O)Nc3ccc(F)c(F)c3)n2-c2ccc(Cl)cc2Cl)c1. The van der Waals surface area contributed by atoms with Gasteiger partial charge in [0.15, 0.2) is 22.6 Å². The van der Waals surface area contributed by atoms with Gasteiger partial charge in [-0.3, -0.25) is 4.57 Å². The molecule has 0 radical (unpaired) electrons. The Morgan fingerprint density at radius 2 is 1.89 bits per heavy atom. The van der Waals surface area contributed by atoms with Gasteiger partial charge in [0.1, 0.15) is 5.75 Å². The Balaban J connectivity index is 1.54. The number of amides is 2. The third kappa shape index (κ3) is 6.26. The van der Waals surface area contributed by atoms with E-state index in [1.807, 2.05) is 24.3 Å². The van der Waals surface area contributed by atoms with Crippen LogP contribution >= 0.6 is 35.0 Å². The number of carbonyl (C=O) groups excluding carboxylic acids is 1. The molecule has 0 aliphatic rings. The number of urea groups is 1. The summed E-state index contributed by atoms with van der Waals surface area (Å²) in [7, 11) is 1.60. The van der Waals surface area contributed by atoms with E-state index in [9.17, 15) is 13.6 Å². The van der Waals surface area contributed by atoms with Gasteiger partial charge in [-0.05, 0) is 48.0 Å². The molecule has 7 nitrogen and oxygen atoms in total. The summed E-state index contributed by atoms with van der Waals surface area (Å²) in [6.07, 6.45) is 0. The van der Waals surface area contributed by atoms with Gasteiger partial charge in [-0.2, -0.15) is 0 Å².